The van der Waals surface area contributed by atoms with Crippen LogP contribution in [0.25, 0.3) is 11.1 Å². The Morgan fingerprint density at radius 1 is 0.875 bits per heavy atom. The van der Waals surface area contributed by atoms with Crippen LogP contribution in [0.15, 0.2) is 89.9 Å². The highest BCUT2D eigenvalue weighted by molar-refractivity contribution is 5.95. The predicted molar refractivity (Wildman–Crippen MR) is 126 cm³/mol. The molecule has 0 spiro atoms. The lowest BCUT2D eigenvalue weighted by Gasteiger charge is -2.09. The first-order valence-corrected chi connectivity index (χ1v) is 10.8. The molecule has 3 aromatic carbocycles. The summed E-state index contributed by atoms with van der Waals surface area (Å²) in [7, 11) is 0. The number of carboxylic acids is 1. The fourth-order valence-electron chi connectivity index (χ4n) is 3.98. The summed E-state index contributed by atoms with van der Waals surface area (Å²) in [6.45, 7) is 3.19. The van der Waals surface area contributed by atoms with Crippen molar-refractivity contribution in [3.63, 3.8) is 0 Å². The monoisotopic (exact) mass is 426 g/mol. The van der Waals surface area contributed by atoms with Crippen molar-refractivity contribution >= 4 is 5.97 Å². The number of hydrogen-bond acceptors (Lipinski definition) is 2. The van der Waals surface area contributed by atoms with Gasteiger partial charge in [-0.05, 0) is 41.2 Å². The van der Waals surface area contributed by atoms with Gasteiger partial charge in [-0.1, -0.05) is 79.7 Å². The number of nitrogens with zero attached hydrogens (tertiary/aromatic N) is 2. The minimum absolute atomic E-state index is 0.00178. The van der Waals surface area contributed by atoms with E-state index in [2.05, 4.69) is 19.1 Å². The molecule has 32 heavy (non-hydrogen) atoms. The lowest BCUT2D eigenvalue weighted by Crippen LogP contribution is -2.26. The van der Waals surface area contributed by atoms with Crippen LogP contribution in [0.1, 0.15) is 34.1 Å². The summed E-state index contributed by atoms with van der Waals surface area (Å²) in [5.74, 6) is -0.944. The zero-order valence-corrected chi connectivity index (χ0v) is 18.1. The Kier molecular flexibility index (Phi) is 6.36. The van der Waals surface area contributed by atoms with Crippen molar-refractivity contribution in [2.24, 2.45) is 0 Å². The molecule has 5 nitrogen and oxygen atoms in total. The van der Waals surface area contributed by atoms with Gasteiger partial charge in [0.2, 0.25) is 0 Å². The summed E-state index contributed by atoms with van der Waals surface area (Å²) in [4.78, 5) is 24.6. The van der Waals surface area contributed by atoms with Crippen molar-refractivity contribution < 1.29 is 9.90 Å². The van der Waals surface area contributed by atoms with Gasteiger partial charge >= 0.3 is 11.7 Å². The third-order valence-corrected chi connectivity index (χ3v) is 5.74. The van der Waals surface area contributed by atoms with Crippen molar-refractivity contribution in [2.75, 3.05) is 0 Å². The van der Waals surface area contributed by atoms with Gasteiger partial charge in [-0.15, -0.1) is 0 Å². The van der Waals surface area contributed by atoms with Crippen molar-refractivity contribution in [2.45, 2.75) is 32.9 Å². The lowest BCUT2D eigenvalue weighted by atomic mass is 9.99. The molecule has 162 valence electrons. The summed E-state index contributed by atoms with van der Waals surface area (Å²) in [6.07, 6.45) is 3.55. The normalized spacial score (nSPS) is 10.9. The van der Waals surface area contributed by atoms with Gasteiger partial charge in [-0.2, -0.15) is 0 Å². The van der Waals surface area contributed by atoms with Crippen LogP contribution in [0.2, 0.25) is 0 Å². The van der Waals surface area contributed by atoms with Crippen LogP contribution in [0.4, 0.5) is 0 Å². The fraction of sp³-hybridized carbons (Fsp3) is 0.185. The van der Waals surface area contributed by atoms with Crippen molar-refractivity contribution in [1.29, 1.82) is 0 Å². The van der Waals surface area contributed by atoms with Crippen LogP contribution < -0.4 is 5.69 Å². The molecule has 0 fully saturated rings. The fourth-order valence-corrected chi connectivity index (χ4v) is 3.98. The van der Waals surface area contributed by atoms with E-state index in [0.717, 1.165) is 29.7 Å². The molecule has 0 amide bonds. The molecule has 4 rings (SSSR count). The lowest BCUT2D eigenvalue weighted by molar-refractivity contribution is 0.0697. The van der Waals surface area contributed by atoms with Crippen molar-refractivity contribution in [3.8, 4) is 11.1 Å². The second-order valence-electron chi connectivity index (χ2n) is 7.82. The van der Waals surface area contributed by atoms with E-state index in [-0.39, 0.29) is 11.3 Å². The van der Waals surface area contributed by atoms with Gasteiger partial charge in [0.15, 0.2) is 0 Å². The average molecular weight is 427 g/mol. The summed E-state index contributed by atoms with van der Waals surface area (Å²) in [6, 6.07) is 24.9. The molecule has 0 unspecified atom stereocenters. The van der Waals surface area contributed by atoms with Crippen LogP contribution >= 0.6 is 0 Å². The third kappa shape index (κ3) is 4.57. The van der Waals surface area contributed by atoms with Crippen LogP contribution in [0.5, 0.6) is 0 Å². The predicted octanol–water partition coefficient (Wildman–Crippen LogP) is 4.87. The van der Waals surface area contributed by atoms with E-state index < -0.39 is 5.97 Å². The summed E-state index contributed by atoms with van der Waals surface area (Å²) < 4.78 is 3.62. The number of hydrogen-bond donors (Lipinski definition) is 1. The van der Waals surface area contributed by atoms with E-state index in [1.807, 2.05) is 65.4 Å². The van der Waals surface area contributed by atoms with E-state index in [9.17, 15) is 14.7 Å². The molecule has 1 heterocycles. The van der Waals surface area contributed by atoms with Gasteiger partial charge in [-0.25, -0.2) is 9.59 Å². The molecule has 0 aliphatic rings. The number of imidazole rings is 1. The second-order valence-corrected chi connectivity index (χ2v) is 7.82. The summed E-state index contributed by atoms with van der Waals surface area (Å²) in [5.41, 5.74) is 5.02. The molecule has 0 saturated heterocycles. The Balaban J connectivity index is 1.55. The van der Waals surface area contributed by atoms with Crippen molar-refractivity contribution in [1.82, 2.24) is 9.13 Å². The highest BCUT2D eigenvalue weighted by atomic mass is 16.4. The highest BCUT2D eigenvalue weighted by Gasteiger charge is 2.13. The molecule has 0 aliphatic heterocycles. The molecular weight excluding hydrogens is 400 g/mol. The molecular formula is C27H26N2O3. The largest absolute Gasteiger partial charge is 0.478 e. The Hall–Kier alpha value is -3.86. The second kappa shape index (κ2) is 9.52. The average Bonchev–Trinajstić information content (AvgIpc) is 3.13. The zero-order valence-electron chi connectivity index (χ0n) is 18.1. The highest BCUT2D eigenvalue weighted by Crippen LogP contribution is 2.24. The standard InChI is InChI=1S/C27H26N2O3/c1-2-23-19-28(17-16-20-8-4-3-5-9-20)27(32)29(23)18-21-12-14-22(15-13-21)24-10-6-7-11-25(24)26(30)31/h3-15,19H,2,16-18H2,1H3,(H,30,31). The van der Waals surface area contributed by atoms with E-state index >= 15 is 0 Å². The van der Waals surface area contributed by atoms with Gasteiger partial charge < -0.3 is 5.11 Å². The van der Waals surface area contributed by atoms with Crippen LogP contribution in [0.3, 0.4) is 0 Å². The quantitative estimate of drug-likeness (QED) is 0.437. The van der Waals surface area contributed by atoms with E-state index in [0.29, 0.717) is 18.7 Å². The van der Waals surface area contributed by atoms with Crippen molar-refractivity contribution in [3.05, 3.63) is 118 Å². The van der Waals surface area contributed by atoms with Gasteiger partial charge in [0.05, 0.1) is 12.1 Å². The molecule has 0 saturated carbocycles. The molecule has 1 aromatic heterocycles. The van der Waals surface area contributed by atoms with E-state index in [1.165, 1.54) is 5.56 Å². The Labute approximate surface area is 187 Å². The topological polar surface area (TPSA) is 64.2 Å². The molecule has 4 aromatic rings. The van der Waals surface area contributed by atoms with Gasteiger partial charge in [-0.3, -0.25) is 9.13 Å². The number of benzene rings is 3. The number of aromatic nitrogens is 2. The Morgan fingerprint density at radius 3 is 2.25 bits per heavy atom. The van der Waals surface area contributed by atoms with E-state index in [1.54, 1.807) is 16.7 Å². The Morgan fingerprint density at radius 2 is 1.56 bits per heavy atom. The van der Waals surface area contributed by atoms with Gasteiger partial charge in [0.25, 0.3) is 0 Å². The first-order chi connectivity index (χ1) is 15.6. The molecule has 0 radical (unpaired) electrons. The molecule has 5 heteroatoms. The minimum atomic E-state index is -0.944. The number of carbonyl (C=O) groups is 1. The zero-order chi connectivity index (χ0) is 22.5. The number of aryl methyl sites for hydroxylation is 3. The third-order valence-electron chi connectivity index (χ3n) is 5.74. The number of rotatable bonds is 8. The molecule has 0 aliphatic carbocycles. The Bertz CT molecular complexity index is 1270. The first kappa shape index (κ1) is 21.4. The van der Waals surface area contributed by atoms with Crippen LogP contribution in [0, 0.1) is 0 Å². The number of aromatic carboxylic acids is 1. The summed E-state index contributed by atoms with van der Waals surface area (Å²) >= 11 is 0. The van der Waals surface area contributed by atoms with Gasteiger partial charge in [0.1, 0.15) is 0 Å². The summed E-state index contributed by atoms with van der Waals surface area (Å²) in [5, 5.41) is 9.44. The molecule has 1 N–H and O–H groups in total. The molecule has 0 atom stereocenters. The van der Waals surface area contributed by atoms with E-state index in [4.69, 9.17) is 0 Å². The SMILES string of the molecule is CCc1cn(CCc2ccccc2)c(=O)n1Cc1ccc(-c2ccccc2C(=O)O)cc1. The minimum Gasteiger partial charge on any atom is -0.478 e. The van der Waals surface area contributed by atoms with Crippen LogP contribution in [-0.4, -0.2) is 20.2 Å². The number of carboxylic acid groups (broad SMARTS) is 1. The molecule has 0 bridgehead atoms. The first-order valence-electron chi connectivity index (χ1n) is 10.8. The maximum absolute atomic E-state index is 13.0. The maximum atomic E-state index is 13.0. The maximum Gasteiger partial charge on any atom is 0.336 e. The van der Waals surface area contributed by atoms with Crippen LogP contribution in [-0.2, 0) is 25.9 Å². The van der Waals surface area contributed by atoms with Gasteiger partial charge in [0, 0.05) is 18.4 Å². The smallest absolute Gasteiger partial charge is 0.336 e.